The molecule has 2 aromatic heterocycles. The normalized spacial score (nSPS) is 15.0. The molecule has 3 aromatic rings. The minimum absolute atomic E-state index is 0.0305. The molecule has 0 saturated heterocycles. The van der Waals surface area contributed by atoms with Crippen molar-refractivity contribution >= 4 is 17.5 Å². The minimum atomic E-state index is -0.471. The standard InChI is InChI=1S/C21H21N5O/c1-14-3-8-18(13-23-14)26-19(27)21(9-2-10-21)17-6-4-15(5-7-17)16-11-24-20(22)25-12-16/h3-8,11-13H,2,9-10H2,1H3,(H,26,27)(H2,22,24,25). The van der Waals surface area contributed by atoms with Crippen molar-refractivity contribution < 1.29 is 4.79 Å². The van der Waals surface area contributed by atoms with E-state index in [0.717, 1.165) is 47.3 Å². The Hall–Kier alpha value is -3.28. The van der Waals surface area contributed by atoms with Crippen LogP contribution >= 0.6 is 0 Å². The third kappa shape index (κ3) is 3.26. The molecule has 0 spiro atoms. The topological polar surface area (TPSA) is 93.8 Å². The van der Waals surface area contributed by atoms with Crippen molar-refractivity contribution in [3.05, 3.63) is 66.2 Å². The van der Waals surface area contributed by atoms with Gasteiger partial charge in [0.15, 0.2) is 0 Å². The molecule has 0 aliphatic heterocycles. The van der Waals surface area contributed by atoms with Gasteiger partial charge in [-0.2, -0.15) is 0 Å². The van der Waals surface area contributed by atoms with Crippen LogP contribution in [0.2, 0.25) is 0 Å². The number of aromatic nitrogens is 3. The van der Waals surface area contributed by atoms with Crippen LogP contribution in [0.3, 0.4) is 0 Å². The predicted octanol–water partition coefficient (Wildman–Crippen LogP) is 3.49. The summed E-state index contributed by atoms with van der Waals surface area (Å²) in [7, 11) is 0. The molecule has 136 valence electrons. The Balaban J connectivity index is 1.57. The Morgan fingerprint density at radius 2 is 1.67 bits per heavy atom. The lowest BCUT2D eigenvalue weighted by Crippen LogP contribution is -2.46. The number of pyridine rings is 1. The van der Waals surface area contributed by atoms with Gasteiger partial charge in [-0.05, 0) is 43.0 Å². The first-order valence-electron chi connectivity index (χ1n) is 8.99. The van der Waals surface area contributed by atoms with Gasteiger partial charge in [-0.25, -0.2) is 9.97 Å². The summed E-state index contributed by atoms with van der Waals surface area (Å²) in [6.45, 7) is 1.92. The number of nitrogens with one attached hydrogen (secondary N) is 1. The number of hydrogen-bond donors (Lipinski definition) is 2. The highest BCUT2D eigenvalue weighted by Gasteiger charge is 2.45. The second-order valence-electron chi connectivity index (χ2n) is 6.99. The van der Waals surface area contributed by atoms with E-state index in [1.165, 1.54) is 0 Å². The summed E-state index contributed by atoms with van der Waals surface area (Å²) in [4.78, 5) is 25.3. The van der Waals surface area contributed by atoms with E-state index in [1.54, 1.807) is 18.6 Å². The van der Waals surface area contributed by atoms with Gasteiger partial charge in [0.1, 0.15) is 0 Å². The van der Waals surface area contributed by atoms with Gasteiger partial charge in [-0.15, -0.1) is 0 Å². The average Bonchev–Trinajstić information content (AvgIpc) is 2.64. The van der Waals surface area contributed by atoms with Crippen LogP contribution in [0.1, 0.15) is 30.5 Å². The van der Waals surface area contributed by atoms with E-state index in [9.17, 15) is 4.79 Å². The van der Waals surface area contributed by atoms with E-state index >= 15 is 0 Å². The Morgan fingerprint density at radius 3 is 2.22 bits per heavy atom. The van der Waals surface area contributed by atoms with Crippen molar-refractivity contribution in [2.75, 3.05) is 11.1 Å². The smallest absolute Gasteiger partial charge is 0.235 e. The zero-order chi connectivity index (χ0) is 18.9. The van der Waals surface area contributed by atoms with E-state index in [4.69, 9.17) is 5.73 Å². The van der Waals surface area contributed by atoms with Crippen LogP contribution in [-0.2, 0) is 10.2 Å². The van der Waals surface area contributed by atoms with Gasteiger partial charge in [-0.1, -0.05) is 30.7 Å². The summed E-state index contributed by atoms with van der Waals surface area (Å²) in [6, 6.07) is 11.8. The first-order chi connectivity index (χ1) is 13.1. The van der Waals surface area contributed by atoms with Crippen LogP contribution in [0, 0.1) is 6.92 Å². The van der Waals surface area contributed by atoms with Crippen LogP contribution in [0.15, 0.2) is 55.0 Å². The number of nitrogen functional groups attached to an aromatic ring is 1. The van der Waals surface area contributed by atoms with Gasteiger partial charge in [-0.3, -0.25) is 9.78 Å². The number of aryl methyl sites for hydroxylation is 1. The summed E-state index contributed by atoms with van der Waals surface area (Å²) in [5.74, 6) is 0.286. The van der Waals surface area contributed by atoms with E-state index in [1.807, 2.05) is 43.3 Å². The molecule has 6 heteroatoms. The Bertz CT molecular complexity index is 945. The lowest BCUT2D eigenvalue weighted by atomic mass is 9.63. The molecule has 1 aliphatic rings. The first kappa shape index (κ1) is 17.1. The molecule has 0 atom stereocenters. The summed E-state index contributed by atoms with van der Waals surface area (Å²) >= 11 is 0. The highest BCUT2D eigenvalue weighted by molar-refractivity contribution is 5.99. The third-order valence-corrected chi connectivity index (χ3v) is 5.25. The van der Waals surface area contributed by atoms with Crippen molar-refractivity contribution in [2.24, 2.45) is 0 Å². The quantitative estimate of drug-likeness (QED) is 0.744. The maximum absolute atomic E-state index is 13.0. The number of benzene rings is 1. The highest BCUT2D eigenvalue weighted by Crippen LogP contribution is 2.45. The molecule has 1 saturated carbocycles. The Labute approximate surface area is 157 Å². The lowest BCUT2D eigenvalue weighted by molar-refractivity contribution is -0.124. The van der Waals surface area contributed by atoms with Crippen LogP contribution in [0.25, 0.3) is 11.1 Å². The van der Waals surface area contributed by atoms with Crippen LogP contribution in [-0.4, -0.2) is 20.9 Å². The average molecular weight is 359 g/mol. The molecule has 0 radical (unpaired) electrons. The van der Waals surface area contributed by atoms with Crippen molar-refractivity contribution in [3.63, 3.8) is 0 Å². The van der Waals surface area contributed by atoms with E-state index in [2.05, 4.69) is 20.3 Å². The van der Waals surface area contributed by atoms with Crippen molar-refractivity contribution in [3.8, 4) is 11.1 Å². The highest BCUT2D eigenvalue weighted by atomic mass is 16.2. The molecule has 2 heterocycles. The number of carbonyl (C=O) groups is 1. The molecule has 1 fully saturated rings. The minimum Gasteiger partial charge on any atom is -0.368 e. The molecule has 0 bridgehead atoms. The van der Waals surface area contributed by atoms with Gasteiger partial charge in [0.2, 0.25) is 11.9 Å². The molecule has 0 unspecified atom stereocenters. The number of nitrogens with zero attached hydrogens (tertiary/aromatic N) is 3. The third-order valence-electron chi connectivity index (χ3n) is 5.25. The maximum atomic E-state index is 13.0. The second-order valence-corrected chi connectivity index (χ2v) is 6.99. The van der Waals surface area contributed by atoms with Crippen LogP contribution in [0.5, 0.6) is 0 Å². The summed E-state index contributed by atoms with van der Waals surface area (Å²) in [6.07, 6.45) is 7.85. The Kier molecular flexibility index (Phi) is 4.32. The number of carbonyl (C=O) groups excluding carboxylic acids is 1. The molecular formula is C21H21N5O. The lowest BCUT2D eigenvalue weighted by Gasteiger charge is -2.40. The number of hydrogen-bond acceptors (Lipinski definition) is 5. The first-order valence-corrected chi connectivity index (χ1v) is 8.99. The summed E-state index contributed by atoms with van der Waals surface area (Å²) in [5.41, 5.74) is 9.66. The predicted molar refractivity (Wildman–Crippen MR) is 105 cm³/mol. The molecule has 27 heavy (non-hydrogen) atoms. The van der Waals surface area contributed by atoms with E-state index in [0.29, 0.717) is 0 Å². The number of rotatable bonds is 4. The van der Waals surface area contributed by atoms with Gasteiger partial charge >= 0.3 is 0 Å². The van der Waals surface area contributed by atoms with Crippen molar-refractivity contribution in [1.82, 2.24) is 15.0 Å². The number of nitrogens with two attached hydrogens (primary N) is 1. The van der Waals surface area contributed by atoms with Crippen molar-refractivity contribution in [1.29, 1.82) is 0 Å². The molecule has 1 aromatic carbocycles. The zero-order valence-electron chi connectivity index (χ0n) is 15.1. The van der Waals surface area contributed by atoms with Gasteiger partial charge < -0.3 is 11.1 Å². The SMILES string of the molecule is Cc1ccc(NC(=O)C2(c3ccc(-c4cnc(N)nc4)cc3)CCC2)cn1. The molecule has 6 nitrogen and oxygen atoms in total. The largest absolute Gasteiger partial charge is 0.368 e. The molecule has 4 rings (SSSR count). The fourth-order valence-corrected chi connectivity index (χ4v) is 3.44. The molecule has 1 amide bonds. The van der Waals surface area contributed by atoms with Gasteiger partial charge in [0.05, 0.1) is 17.3 Å². The number of anilines is 2. The second kappa shape index (κ2) is 6.79. The molecular weight excluding hydrogens is 338 g/mol. The fraction of sp³-hybridized carbons (Fsp3) is 0.238. The Morgan fingerprint density at radius 1 is 0.963 bits per heavy atom. The van der Waals surface area contributed by atoms with Gasteiger partial charge in [0.25, 0.3) is 0 Å². The van der Waals surface area contributed by atoms with Crippen molar-refractivity contribution in [2.45, 2.75) is 31.6 Å². The maximum Gasteiger partial charge on any atom is 0.235 e. The van der Waals surface area contributed by atoms with Crippen LogP contribution < -0.4 is 11.1 Å². The van der Waals surface area contributed by atoms with Gasteiger partial charge in [0, 0.05) is 23.7 Å². The van der Waals surface area contributed by atoms with Crippen LogP contribution in [0.4, 0.5) is 11.6 Å². The summed E-state index contributed by atoms with van der Waals surface area (Å²) in [5, 5.41) is 3.03. The monoisotopic (exact) mass is 359 g/mol. The molecule has 3 N–H and O–H groups in total. The summed E-state index contributed by atoms with van der Waals surface area (Å²) < 4.78 is 0. The molecule has 1 aliphatic carbocycles. The number of amides is 1. The van der Waals surface area contributed by atoms with E-state index in [-0.39, 0.29) is 11.9 Å². The zero-order valence-corrected chi connectivity index (χ0v) is 15.1. The fourth-order valence-electron chi connectivity index (χ4n) is 3.44. The van der Waals surface area contributed by atoms with E-state index < -0.39 is 5.41 Å².